The van der Waals surface area contributed by atoms with E-state index < -0.39 is 0 Å². The van der Waals surface area contributed by atoms with Crippen molar-refractivity contribution in [2.24, 2.45) is 4.99 Å². The van der Waals surface area contributed by atoms with Crippen LogP contribution in [-0.4, -0.2) is 11.1 Å². The van der Waals surface area contributed by atoms with Crippen molar-refractivity contribution < 1.29 is 4.79 Å². The monoisotopic (exact) mass is 272 g/mol. The highest BCUT2D eigenvalue weighted by atomic mass is 32.1. The molecule has 0 spiro atoms. The number of carbonyl (C=O) groups excluding carboxylic acids is 1. The van der Waals surface area contributed by atoms with Gasteiger partial charge in [0.2, 0.25) is 6.08 Å². The fourth-order valence-corrected chi connectivity index (χ4v) is 3.34. The maximum atomic E-state index is 10.6. The third-order valence-corrected chi connectivity index (χ3v) is 4.99. The topological polar surface area (TPSA) is 42.3 Å². The average molecular weight is 272 g/mol. The van der Waals surface area contributed by atoms with Crippen molar-refractivity contribution in [1.29, 1.82) is 0 Å². The fraction of sp³-hybridized carbons (Fsp3) is 0.467. The second-order valence-corrected chi connectivity index (χ2v) is 7.19. The van der Waals surface area contributed by atoms with Gasteiger partial charge in [-0.25, -0.2) is 9.78 Å². The maximum Gasteiger partial charge on any atom is 0.235 e. The Kier molecular flexibility index (Phi) is 2.63. The van der Waals surface area contributed by atoms with E-state index in [1.807, 2.05) is 12.1 Å². The van der Waals surface area contributed by atoms with Crippen molar-refractivity contribution >= 4 is 27.6 Å². The zero-order valence-electron chi connectivity index (χ0n) is 11.4. The summed E-state index contributed by atoms with van der Waals surface area (Å²) in [6.45, 7) is 6.50. The van der Waals surface area contributed by atoms with Crippen LogP contribution in [0.1, 0.15) is 44.2 Å². The number of fused-ring (bicyclic) bond motifs is 1. The van der Waals surface area contributed by atoms with Gasteiger partial charge in [0.05, 0.1) is 15.2 Å². The molecule has 2 aromatic rings. The largest absolute Gasteiger partial charge is 0.240 e. The van der Waals surface area contributed by atoms with Crippen LogP contribution in [0, 0.1) is 0 Å². The summed E-state index contributed by atoms with van der Waals surface area (Å²) in [5.41, 5.74) is 1.80. The van der Waals surface area contributed by atoms with Crippen molar-refractivity contribution in [2.75, 3.05) is 0 Å². The molecule has 3 nitrogen and oxygen atoms in total. The smallest absolute Gasteiger partial charge is 0.235 e. The minimum atomic E-state index is -0.343. The SMILES string of the molecule is CC(C)(C)c1nc2c(C3(N=C=O)CC3)cccc2s1. The van der Waals surface area contributed by atoms with Gasteiger partial charge >= 0.3 is 0 Å². The van der Waals surface area contributed by atoms with Crippen LogP contribution < -0.4 is 0 Å². The number of rotatable bonds is 2. The molecule has 0 atom stereocenters. The summed E-state index contributed by atoms with van der Waals surface area (Å²) < 4.78 is 1.18. The van der Waals surface area contributed by atoms with Crippen LogP contribution in [-0.2, 0) is 15.7 Å². The molecule has 0 radical (unpaired) electrons. The second kappa shape index (κ2) is 3.99. The Morgan fingerprint density at radius 1 is 1.37 bits per heavy atom. The van der Waals surface area contributed by atoms with Gasteiger partial charge in [-0.15, -0.1) is 11.3 Å². The lowest BCUT2D eigenvalue weighted by Gasteiger charge is -2.13. The molecule has 1 aliphatic rings. The summed E-state index contributed by atoms with van der Waals surface area (Å²) in [7, 11) is 0. The van der Waals surface area contributed by atoms with Gasteiger partial charge in [-0.05, 0) is 18.9 Å². The van der Waals surface area contributed by atoms with Gasteiger partial charge in [-0.3, -0.25) is 0 Å². The highest BCUT2D eigenvalue weighted by molar-refractivity contribution is 7.18. The lowest BCUT2D eigenvalue weighted by atomic mass is 9.98. The Labute approximate surface area is 116 Å². The third-order valence-electron chi connectivity index (χ3n) is 3.55. The van der Waals surface area contributed by atoms with Gasteiger partial charge in [-0.2, -0.15) is 4.99 Å². The molecule has 1 aliphatic carbocycles. The first-order valence-corrected chi connectivity index (χ1v) is 7.27. The summed E-state index contributed by atoms with van der Waals surface area (Å²) in [5, 5.41) is 1.13. The van der Waals surface area contributed by atoms with Crippen molar-refractivity contribution in [3.63, 3.8) is 0 Å². The van der Waals surface area contributed by atoms with Gasteiger partial charge in [-0.1, -0.05) is 32.9 Å². The van der Waals surface area contributed by atoms with Gasteiger partial charge in [0, 0.05) is 11.0 Å². The Morgan fingerprint density at radius 3 is 2.68 bits per heavy atom. The number of thiazole rings is 1. The molecule has 0 N–H and O–H groups in total. The van der Waals surface area contributed by atoms with E-state index in [2.05, 4.69) is 31.8 Å². The zero-order valence-corrected chi connectivity index (χ0v) is 12.2. The van der Waals surface area contributed by atoms with Gasteiger partial charge < -0.3 is 0 Å². The first-order valence-electron chi connectivity index (χ1n) is 6.46. The van der Waals surface area contributed by atoms with Crippen molar-refractivity contribution in [2.45, 2.75) is 44.6 Å². The molecule has 0 aliphatic heterocycles. The standard InChI is InChI=1S/C15H16N2OS/c1-14(2,3)13-17-12-10(5-4-6-11(12)19-13)15(7-8-15)16-9-18/h4-6H,7-8H2,1-3H3. The minimum absolute atomic E-state index is 0.0472. The summed E-state index contributed by atoms with van der Waals surface area (Å²) in [4.78, 5) is 19.4. The third kappa shape index (κ3) is 2.01. The minimum Gasteiger partial charge on any atom is -0.240 e. The van der Waals surface area contributed by atoms with E-state index in [1.54, 1.807) is 17.4 Å². The van der Waals surface area contributed by atoms with E-state index in [4.69, 9.17) is 4.98 Å². The predicted octanol–water partition coefficient (Wildman–Crippen LogP) is 3.92. The summed E-state index contributed by atoms with van der Waals surface area (Å²) in [6, 6.07) is 6.16. The van der Waals surface area contributed by atoms with Crippen molar-refractivity contribution in [3.8, 4) is 0 Å². The number of hydrogen-bond donors (Lipinski definition) is 0. The molecule has 1 heterocycles. The number of aliphatic imine (C=N–C) groups is 1. The van der Waals surface area contributed by atoms with Crippen LogP contribution in [0.15, 0.2) is 23.2 Å². The Hall–Kier alpha value is -1.51. The van der Waals surface area contributed by atoms with Crippen LogP contribution in [0.3, 0.4) is 0 Å². The molecule has 0 bridgehead atoms. The Balaban J connectivity index is 2.22. The quantitative estimate of drug-likeness (QED) is 0.614. The Morgan fingerprint density at radius 2 is 2.11 bits per heavy atom. The molecule has 98 valence electrons. The van der Waals surface area contributed by atoms with Crippen LogP contribution >= 0.6 is 11.3 Å². The number of aromatic nitrogens is 1. The van der Waals surface area contributed by atoms with E-state index in [0.717, 1.165) is 28.9 Å². The fourth-order valence-electron chi connectivity index (χ4n) is 2.29. The highest BCUT2D eigenvalue weighted by Crippen LogP contribution is 2.51. The molecule has 1 fully saturated rings. The van der Waals surface area contributed by atoms with Crippen LogP contribution in [0.2, 0.25) is 0 Å². The molecule has 0 saturated heterocycles. The average Bonchev–Trinajstić information content (AvgIpc) is 2.97. The number of hydrogen-bond acceptors (Lipinski definition) is 4. The first kappa shape index (κ1) is 12.5. The molecular formula is C15H16N2OS. The molecule has 1 aromatic carbocycles. The molecule has 0 amide bonds. The lowest BCUT2D eigenvalue weighted by Crippen LogP contribution is -2.10. The Bertz CT molecular complexity index is 686. The normalized spacial score (nSPS) is 17.2. The van der Waals surface area contributed by atoms with E-state index in [1.165, 1.54) is 4.70 Å². The van der Waals surface area contributed by atoms with E-state index in [-0.39, 0.29) is 11.0 Å². The summed E-state index contributed by atoms with van der Waals surface area (Å²) in [6.07, 6.45) is 3.56. The lowest BCUT2D eigenvalue weighted by molar-refractivity contribution is 0.556. The number of nitrogens with zero attached hydrogens (tertiary/aromatic N) is 2. The summed E-state index contributed by atoms with van der Waals surface area (Å²) >= 11 is 1.73. The second-order valence-electron chi connectivity index (χ2n) is 6.16. The van der Waals surface area contributed by atoms with Crippen LogP contribution in [0.5, 0.6) is 0 Å². The number of isocyanates is 1. The summed E-state index contributed by atoms with van der Waals surface area (Å²) in [5.74, 6) is 0. The molecule has 0 unspecified atom stereocenters. The van der Waals surface area contributed by atoms with Gasteiger partial charge in [0.1, 0.15) is 5.54 Å². The number of para-hydroxylation sites is 1. The van der Waals surface area contributed by atoms with Gasteiger partial charge in [0.15, 0.2) is 0 Å². The van der Waals surface area contributed by atoms with E-state index >= 15 is 0 Å². The molecule has 1 aromatic heterocycles. The van der Waals surface area contributed by atoms with E-state index in [9.17, 15) is 4.79 Å². The molecule has 1 saturated carbocycles. The molecular weight excluding hydrogens is 256 g/mol. The van der Waals surface area contributed by atoms with Crippen LogP contribution in [0.4, 0.5) is 0 Å². The molecule has 19 heavy (non-hydrogen) atoms. The maximum absolute atomic E-state index is 10.6. The van der Waals surface area contributed by atoms with Gasteiger partial charge in [0.25, 0.3) is 0 Å². The molecule has 4 heteroatoms. The van der Waals surface area contributed by atoms with Crippen molar-refractivity contribution in [3.05, 3.63) is 28.8 Å². The molecule has 3 rings (SSSR count). The predicted molar refractivity (Wildman–Crippen MR) is 77.4 cm³/mol. The number of benzene rings is 1. The zero-order chi connectivity index (χ0) is 13.7. The van der Waals surface area contributed by atoms with E-state index in [0.29, 0.717) is 0 Å². The highest BCUT2D eigenvalue weighted by Gasteiger charge is 2.46. The van der Waals surface area contributed by atoms with Crippen molar-refractivity contribution in [1.82, 2.24) is 4.98 Å². The first-order chi connectivity index (χ1) is 8.96. The van der Waals surface area contributed by atoms with Crippen LogP contribution in [0.25, 0.3) is 10.2 Å².